The summed E-state index contributed by atoms with van der Waals surface area (Å²) < 4.78 is 18.1. The second-order valence-electron chi connectivity index (χ2n) is 4.97. The van der Waals surface area contributed by atoms with Gasteiger partial charge in [-0.25, -0.2) is 9.18 Å². The molecule has 0 saturated heterocycles. The molecule has 2 rings (SSSR count). The fourth-order valence-corrected chi connectivity index (χ4v) is 2.07. The molecule has 1 unspecified atom stereocenters. The fraction of sp³-hybridized carbons (Fsp3) is 0.125. The van der Waals surface area contributed by atoms with E-state index >= 15 is 0 Å². The quantitative estimate of drug-likeness (QED) is 0.495. The number of amides is 1. The number of ether oxygens (including phenoxy) is 1. The normalized spacial score (nSPS) is 11.5. The van der Waals surface area contributed by atoms with Crippen molar-refractivity contribution in [3.63, 3.8) is 0 Å². The van der Waals surface area contributed by atoms with Crippen molar-refractivity contribution in [3.05, 3.63) is 69.0 Å². The molecule has 0 aliphatic rings. The van der Waals surface area contributed by atoms with Crippen molar-refractivity contribution in [1.82, 2.24) is 0 Å². The van der Waals surface area contributed by atoms with Gasteiger partial charge in [0.05, 0.1) is 15.5 Å². The molecule has 130 valence electrons. The lowest BCUT2D eigenvalue weighted by atomic mass is 10.2. The average Bonchev–Trinajstić information content (AvgIpc) is 2.54. The molecule has 25 heavy (non-hydrogen) atoms. The number of halogens is 2. The third-order valence-electron chi connectivity index (χ3n) is 3.13. The minimum absolute atomic E-state index is 0.0478. The number of esters is 1. The number of carbonyl (C=O) groups excluding carboxylic acids is 2. The van der Waals surface area contributed by atoms with Crippen molar-refractivity contribution in [2.24, 2.45) is 0 Å². The summed E-state index contributed by atoms with van der Waals surface area (Å²) in [6, 6.07) is 8.47. The lowest BCUT2D eigenvalue weighted by Crippen LogP contribution is -2.30. The van der Waals surface area contributed by atoms with Crippen LogP contribution in [0.2, 0.25) is 5.02 Å². The summed E-state index contributed by atoms with van der Waals surface area (Å²) in [7, 11) is 0. The van der Waals surface area contributed by atoms with Gasteiger partial charge in [0, 0.05) is 17.8 Å². The van der Waals surface area contributed by atoms with Gasteiger partial charge in [0.1, 0.15) is 5.82 Å². The number of anilines is 1. The van der Waals surface area contributed by atoms with Crippen LogP contribution >= 0.6 is 11.6 Å². The highest BCUT2D eigenvalue weighted by atomic mass is 35.5. The summed E-state index contributed by atoms with van der Waals surface area (Å²) >= 11 is 5.84. The number of benzene rings is 2. The summed E-state index contributed by atoms with van der Waals surface area (Å²) in [4.78, 5) is 34.2. The molecule has 1 amide bonds. The first-order valence-corrected chi connectivity index (χ1v) is 7.37. The zero-order valence-corrected chi connectivity index (χ0v) is 13.6. The zero-order chi connectivity index (χ0) is 18.6. The Morgan fingerprint density at radius 2 is 2.00 bits per heavy atom. The van der Waals surface area contributed by atoms with Gasteiger partial charge < -0.3 is 10.1 Å². The molecule has 0 saturated carbocycles. The van der Waals surface area contributed by atoms with E-state index in [0.717, 1.165) is 18.2 Å². The monoisotopic (exact) mass is 366 g/mol. The summed E-state index contributed by atoms with van der Waals surface area (Å²) in [6.45, 7) is 1.30. The SMILES string of the molecule is CC(OC(=O)c1cc([N+](=O)[O-])ccc1Cl)C(=O)Nc1cccc(F)c1. The second kappa shape index (κ2) is 7.71. The molecule has 1 atom stereocenters. The van der Waals surface area contributed by atoms with Crippen LogP contribution in [-0.2, 0) is 9.53 Å². The van der Waals surface area contributed by atoms with Gasteiger partial charge in [0.15, 0.2) is 6.10 Å². The number of rotatable bonds is 5. The molecule has 0 aromatic heterocycles. The third-order valence-corrected chi connectivity index (χ3v) is 3.46. The molecule has 0 aliphatic heterocycles. The molecule has 2 aromatic carbocycles. The van der Waals surface area contributed by atoms with Gasteiger partial charge in [-0.1, -0.05) is 17.7 Å². The number of nitro benzene ring substituents is 1. The highest BCUT2D eigenvalue weighted by Gasteiger charge is 2.22. The summed E-state index contributed by atoms with van der Waals surface area (Å²) in [5, 5.41) is 13.1. The molecule has 0 fully saturated rings. The number of nitro groups is 1. The van der Waals surface area contributed by atoms with Gasteiger partial charge in [-0.05, 0) is 31.2 Å². The molecule has 0 heterocycles. The predicted molar refractivity (Wildman–Crippen MR) is 88.0 cm³/mol. The lowest BCUT2D eigenvalue weighted by Gasteiger charge is -2.14. The van der Waals surface area contributed by atoms with Crippen LogP contribution in [0, 0.1) is 15.9 Å². The van der Waals surface area contributed by atoms with E-state index in [0.29, 0.717) is 0 Å². The van der Waals surface area contributed by atoms with Crippen molar-refractivity contribution in [3.8, 4) is 0 Å². The summed E-state index contributed by atoms with van der Waals surface area (Å²) in [5.41, 5.74) is -0.379. The highest BCUT2D eigenvalue weighted by Crippen LogP contribution is 2.23. The molecular formula is C16H12ClFN2O5. The maximum atomic E-state index is 13.1. The molecule has 2 aromatic rings. The molecule has 9 heteroatoms. The molecule has 0 radical (unpaired) electrons. The lowest BCUT2D eigenvalue weighted by molar-refractivity contribution is -0.384. The van der Waals surface area contributed by atoms with E-state index in [1.54, 1.807) is 0 Å². The van der Waals surface area contributed by atoms with Crippen molar-refractivity contribution >= 4 is 34.9 Å². The predicted octanol–water partition coefficient (Wildman–Crippen LogP) is 3.57. The van der Waals surface area contributed by atoms with E-state index < -0.39 is 28.7 Å². The van der Waals surface area contributed by atoms with E-state index in [2.05, 4.69) is 5.32 Å². The number of hydrogen-bond donors (Lipinski definition) is 1. The van der Waals surface area contributed by atoms with Gasteiger partial charge >= 0.3 is 5.97 Å². The Labute approximate surface area is 146 Å². The van der Waals surface area contributed by atoms with Crippen LogP contribution in [-0.4, -0.2) is 22.9 Å². The molecular weight excluding hydrogens is 355 g/mol. The Kier molecular flexibility index (Phi) is 5.66. The molecule has 0 aliphatic carbocycles. The van der Waals surface area contributed by atoms with Gasteiger partial charge in [0.25, 0.3) is 11.6 Å². The van der Waals surface area contributed by atoms with Crippen LogP contribution in [0.15, 0.2) is 42.5 Å². The van der Waals surface area contributed by atoms with Crippen LogP contribution in [0.3, 0.4) is 0 Å². The van der Waals surface area contributed by atoms with Gasteiger partial charge in [-0.3, -0.25) is 14.9 Å². The van der Waals surface area contributed by atoms with Crippen LogP contribution in [0.1, 0.15) is 17.3 Å². The Morgan fingerprint density at radius 3 is 2.64 bits per heavy atom. The highest BCUT2D eigenvalue weighted by molar-refractivity contribution is 6.33. The van der Waals surface area contributed by atoms with E-state index in [9.17, 15) is 24.1 Å². The van der Waals surface area contributed by atoms with Crippen LogP contribution in [0.25, 0.3) is 0 Å². The first-order chi connectivity index (χ1) is 11.8. The Bertz CT molecular complexity index is 843. The van der Waals surface area contributed by atoms with E-state index in [4.69, 9.17) is 16.3 Å². The Balaban J connectivity index is 2.08. The van der Waals surface area contributed by atoms with Crippen LogP contribution in [0.5, 0.6) is 0 Å². The topological polar surface area (TPSA) is 98.5 Å². The maximum Gasteiger partial charge on any atom is 0.340 e. The van der Waals surface area contributed by atoms with E-state index in [1.165, 1.54) is 31.2 Å². The summed E-state index contributed by atoms with van der Waals surface area (Å²) in [6.07, 6.45) is -1.23. The van der Waals surface area contributed by atoms with Crippen molar-refractivity contribution < 1.29 is 23.6 Å². The maximum absolute atomic E-state index is 13.1. The summed E-state index contributed by atoms with van der Waals surface area (Å²) in [5.74, 6) is -2.22. The zero-order valence-electron chi connectivity index (χ0n) is 12.9. The van der Waals surface area contributed by atoms with Gasteiger partial charge in [-0.15, -0.1) is 0 Å². The van der Waals surface area contributed by atoms with Crippen LogP contribution < -0.4 is 5.32 Å². The first-order valence-electron chi connectivity index (χ1n) is 6.99. The third kappa shape index (κ3) is 4.74. The smallest absolute Gasteiger partial charge is 0.340 e. The average molecular weight is 367 g/mol. The number of nitrogens with one attached hydrogen (secondary N) is 1. The number of nitrogens with zero attached hydrogens (tertiary/aromatic N) is 1. The first kappa shape index (κ1) is 18.3. The minimum Gasteiger partial charge on any atom is -0.449 e. The van der Waals surface area contributed by atoms with Crippen molar-refractivity contribution in [1.29, 1.82) is 0 Å². The molecule has 7 nitrogen and oxygen atoms in total. The molecule has 0 bridgehead atoms. The second-order valence-corrected chi connectivity index (χ2v) is 5.38. The Morgan fingerprint density at radius 1 is 1.28 bits per heavy atom. The van der Waals surface area contributed by atoms with Crippen molar-refractivity contribution in [2.45, 2.75) is 13.0 Å². The molecule has 0 spiro atoms. The number of hydrogen-bond acceptors (Lipinski definition) is 5. The van der Waals surface area contributed by atoms with Gasteiger partial charge in [-0.2, -0.15) is 0 Å². The van der Waals surface area contributed by atoms with E-state index in [-0.39, 0.29) is 22.0 Å². The number of non-ortho nitro benzene ring substituents is 1. The van der Waals surface area contributed by atoms with Crippen LogP contribution in [0.4, 0.5) is 15.8 Å². The molecule has 1 N–H and O–H groups in total. The standard InChI is InChI=1S/C16H12ClFN2O5/c1-9(15(21)19-11-4-2-3-10(18)7-11)25-16(22)13-8-12(20(23)24)5-6-14(13)17/h2-9H,1H3,(H,19,21). The van der Waals surface area contributed by atoms with E-state index in [1.807, 2.05) is 0 Å². The number of carbonyl (C=O) groups is 2. The fourth-order valence-electron chi connectivity index (χ4n) is 1.87. The van der Waals surface area contributed by atoms with Gasteiger partial charge in [0.2, 0.25) is 0 Å². The Hall–Kier alpha value is -3.00. The minimum atomic E-state index is -1.23. The largest absolute Gasteiger partial charge is 0.449 e. The van der Waals surface area contributed by atoms with Crippen molar-refractivity contribution in [2.75, 3.05) is 5.32 Å².